The maximum atomic E-state index is 5.22. The molecule has 0 saturated heterocycles. The molecule has 0 radical (unpaired) electrons. The van der Waals surface area contributed by atoms with E-state index in [4.69, 9.17) is 19.9 Å². The molecule has 11 rings (SSSR count). The number of rotatable bonds is 5. The number of aromatic nitrogens is 6. The van der Waals surface area contributed by atoms with Crippen LogP contribution in [-0.4, -0.2) is 28.9 Å². The van der Waals surface area contributed by atoms with Crippen molar-refractivity contribution in [3.8, 4) is 28.2 Å². The zero-order valence-electron chi connectivity index (χ0n) is 29.5. The molecule has 4 aromatic heterocycles. The standard InChI is InChI=1S/C48H34N6/c1-3-13-31(14-4-1)46-50-47(32-15-5-2-6-16-32)52-48(51-46)36-28-35(29-37(30-36)53-42-20-10-7-17-38(42)39-18-8-11-21-43(39)53)33-23-25-41-34(27-33)24-26-45-49-40-19-9-12-22-44(40)54(41)45/h1-3,5,7-13,15,17-30H,4,6,14,16H2. The molecule has 0 N–H and O–H groups in total. The van der Waals surface area contributed by atoms with Crippen LogP contribution in [0.2, 0.25) is 0 Å². The van der Waals surface area contributed by atoms with Crippen LogP contribution in [0.5, 0.6) is 0 Å². The van der Waals surface area contributed by atoms with E-state index in [9.17, 15) is 0 Å². The van der Waals surface area contributed by atoms with E-state index in [2.05, 4.69) is 161 Å². The Bertz CT molecular complexity index is 3010. The molecular formula is C48H34N6. The van der Waals surface area contributed by atoms with Gasteiger partial charge in [-0.2, -0.15) is 0 Å². The average molecular weight is 695 g/mol. The van der Waals surface area contributed by atoms with Gasteiger partial charge in [0.05, 0.1) is 27.6 Å². The maximum absolute atomic E-state index is 5.22. The van der Waals surface area contributed by atoms with Gasteiger partial charge in [-0.1, -0.05) is 91.1 Å². The molecule has 6 nitrogen and oxygen atoms in total. The van der Waals surface area contributed by atoms with Crippen LogP contribution in [0.1, 0.15) is 37.3 Å². The molecule has 256 valence electrons. The van der Waals surface area contributed by atoms with E-state index in [0.717, 1.165) is 109 Å². The highest BCUT2D eigenvalue weighted by Crippen LogP contribution is 2.37. The molecule has 5 aromatic carbocycles. The van der Waals surface area contributed by atoms with Gasteiger partial charge in [0.15, 0.2) is 17.5 Å². The fourth-order valence-corrected chi connectivity index (χ4v) is 8.25. The number of benzene rings is 5. The van der Waals surface area contributed by atoms with Crippen LogP contribution in [0.25, 0.3) is 88.7 Å². The van der Waals surface area contributed by atoms with Gasteiger partial charge in [0, 0.05) is 22.0 Å². The van der Waals surface area contributed by atoms with Gasteiger partial charge >= 0.3 is 0 Å². The number of para-hydroxylation sites is 4. The van der Waals surface area contributed by atoms with E-state index in [0.29, 0.717) is 5.82 Å². The molecule has 2 aliphatic carbocycles. The van der Waals surface area contributed by atoms with Gasteiger partial charge in [0.25, 0.3) is 0 Å². The number of fused-ring (bicyclic) bond motifs is 8. The van der Waals surface area contributed by atoms with Crippen molar-refractivity contribution in [3.05, 3.63) is 169 Å². The third-order valence-corrected chi connectivity index (χ3v) is 10.9. The van der Waals surface area contributed by atoms with Gasteiger partial charge < -0.3 is 4.57 Å². The molecule has 9 aromatic rings. The molecule has 0 unspecified atom stereocenters. The summed E-state index contributed by atoms with van der Waals surface area (Å²) >= 11 is 0. The predicted molar refractivity (Wildman–Crippen MR) is 222 cm³/mol. The van der Waals surface area contributed by atoms with E-state index in [1.807, 2.05) is 6.07 Å². The van der Waals surface area contributed by atoms with Gasteiger partial charge in [-0.3, -0.25) is 4.40 Å². The Morgan fingerprint density at radius 2 is 1.09 bits per heavy atom. The second kappa shape index (κ2) is 12.3. The summed E-state index contributed by atoms with van der Waals surface area (Å²) in [4.78, 5) is 20.4. The summed E-state index contributed by atoms with van der Waals surface area (Å²) in [6.45, 7) is 0. The molecule has 0 fully saturated rings. The highest BCUT2D eigenvalue weighted by atomic mass is 15.0. The number of hydrogen-bond acceptors (Lipinski definition) is 4. The lowest BCUT2D eigenvalue weighted by molar-refractivity contribution is 0.935. The van der Waals surface area contributed by atoms with E-state index in [1.165, 1.54) is 10.8 Å². The topological polar surface area (TPSA) is 60.9 Å². The minimum Gasteiger partial charge on any atom is -0.309 e. The number of nitrogens with zero attached hydrogens (tertiary/aromatic N) is 6. The minimum absolute atomic E-state index is 0.678. The Kier molecular flexibility index (Phi) is 7.02. The average Bonchev–Trinajstić information content (AvgIpc) is 3.80. The second-order valence-corrected chi connectivity index (χ2v) is 14.2. The van der Waals surface area contributed by atoms with E-state index >= 15 is 0 Å². The van der Waals surface area contributed by atoms with Crippen molar-refractivity contribution in [1.29, 1.82) is 0 Å². The Morgan fingerprint density at radius 1 is 0.463 bits per heavy atom. The first kappa shape index (κ1) is 30.7. The summed E-state index contributed by atoms with van der Waals surface area (Å²) in [5.41, 5.74) is 13.0. The predicted octanol–water partition coefficient (Wildman–Crippen LogP) is 11.7. The fourth-order valence-electron chi connectivity index (χ4n) is 8.25. The Labute approximate surface area is 311 Å². The van der Waals surface area contributed by atoms with Crippen molar-refractivity contribution in [2.24, 2.45) is 0 Å². The summed E-state index contributed by atoms with van der Waals surface area (Å²) < 4.78 is 4.64. The molecule has 0 aliphatic heterocycles. The molecule has 54 heavy (non-hydrogen) atoms. The third kappa shape index (κ3) is 5.02. The largest absolute Gasteiger partial charge is 0.309 e. The van der Waals surface area contributed by atoms with Crippen molar-refractivity contribution in [1.82, 2.24) is 28.9 Å². The van der Waals surface area contributed by atoms with E-state index < -0.39 is 0 Å². The summed E-state index contributed by atoms with van der Waals surface area (Å²) in [6, 6.07) is 43.5. The lowest BCUT2D eigenvalue weighted by atomic mass is 9.99. The van der Waals surface area contributed by atoms with Crippen LogP contribution in [0.4, 0.5) is 0 Å². The van der Waals surface area contributed by atoms with Crippen molar-refractivity contribution in [3.63, 3.8) is 0 Å². The van der Waals surface area contributed by atoms with Crippen LogP contribution in [0.15, 0.2) is 158 Å². The number of pyridine rings is 1. The van der Waals surface area contributed by atoms with Crippen LogP contribution < -0.4 is 0 Å². The Morgan fingerprint density at radius 3 is 1.78 bits per heavy atom. The molecular weight excluding hydrogens is 661 g/mol. The molecule has 0 amide bonds. The third-order valence-electron chi connectivity index (χ3n) is 10.9. The van der Waals surface area contributed by atoms with Gasteiger partial charge in [-0.15, -0.1) is 0 Å². The lowest BCUT2D eigenvalue weighted by Gasteiger charge is -2.16. The summed E-state index contributed by atoms with van der Waals surface area (Å²) in [7, 11) is 0. The van der Waals surface area contributed by atoms with Crippen LogP contribution >= 0.6 is 0 Å². The molecule has 0 spiro atoms. The van der Waals surface area contributed by atoms with Crippen molar-refractivity contribution >= 4 is 60.5 Å². The smallest absolute Gasteiger partial charge is 0.164 e. The quantitative estimate of drug-likeness (QED) is 0.180. The van der Waals surface area contributed by atoms with Gasteiger partial charge in [-0.25, -0.2) is 19.9 Å². The van der Waals surface area contributed by atoms with Crippen molar-refractivity contribution < 1.29 is 0 Å². The van der Waals surface area contributed by atoms with Crippen LogP contribution in [0, 0.1) is 0 Å². The number of allylic oxidation sites excluding steroid dienone is 8. The molecule has 0 atom stereocenters. The monoisotopic (exact) mass is 694 g/mol. The van der Waals surface area contributed by atoms with Gasteiger partial charge in [0.2, 0.25) is 0 Å². The molecule has 0 bridgehead atoms. The summed E-state index contributed by atoms with van der Waals surface area (Å²) in [5.74, 6) is 2.18. The zero-order chi connectivity index (χ0) is 35.6. The highest BCUT2D eigenvalue weighted by Gasteiger charge is 2.19. The maximum Gasteiger partial charge on any atom is 0.164 e. The van der Waals surface area contributed by atoms with Crippen LogP contribution in [0.3, 0.4) is 0 Å². The normalized spacial score (nSPS) is 14.4. The lowest BCUT2D eigenvalue weighted by Crippen LogP contribution is -2.07. The Balaban J connectivity index is 1.17. The van der Waals surface area contributed by atoms with Crippen molar-refractivity contribution in [2.45, 2.75) is 25.7 Å². The van der Waals surface area contributed by atoms with Gasteiger partial charge in [0.1, 0.15) is 5.65 Å². The first-order valence-corrected chi connectivity index (χ1v) is 18.7. The molecule has 2 aliphatic rings. The summed E-state index contributed by atoms with van der Waals surface area (Å²) in [5, 5.41) is 3.59. The molecule has 6 heteroatoms. The second-order valence-electron chi connectivity index (χ2n) is 14.2. The number of hydrogen-bond donors (Lipinski definition) is 0. The molecule has 4 heterocycles. The van der Waals surface area contributed by atoms with E-state index in [1.54, 1.807) is 0 Å². The first-order valence-electron chi connectivity index (χ1n) is 18.7. The fraction of sp³-hybridized carbons (Fsp3) is 0.0833. The SMILES string of the molecule is C1=CCCC(c2nc(C3=CC=CCC3)nc(-c3cc(-c4ccc5c(ccc6nc7ccccc7n65)c4)cc(-n4c5ccccc5c5ccccc54)c3)n2)=C1. The summed E-state index contributed by atoms with van der Waals surface area (Å²) in [6.07, 6.45) is 16.7. The Hall–Kier alpha value is -6.92. The van der Waals surface area contributed by atoms with E-state index in [-0.39, 0.29) is 0 Å². The first-order chi connectivity index (χ1) is 26.7. The van der Waals surface area contributed by atoms with Crippen molar-refractivity contribution in [2.75, 3.05) is 0 Å². The zero-order valence-corrected chi connectivity index (χ0v) is 29.5. The van der Waals surface area contributed by atoms with Gasteiger partial charge in [-0.05, 0) is 120 Å². The minimum atomic E-state index is 0.678. The molecule has 0 saturated carbocycles. The highest BCUT2D eigenvalue weighted by molar-refractivity contribution is 6.09. The number of imidazole rings is 1. The van der Waals surface area contributed by atoms with Crippen LogP contribution in [-0.2, 0) is 0 Å².